The van der Waals surface area contributed by atoms with Crippen LogP contribution >= 0.6 is 15.9 Å². The molecule has 1 fully saturated rings. The van der Waals surface area contributed by atoms with Crippen molar-refractivity contribution in [1.82, 2.24) is 4.98 Å². The predicted octanol–water partition coefficient (Wildman–Crippen LogP) is 1.96. The van der Waals surface area contributed by atoms with Crippen LogP contribution in [0.5, 0.6) is 0 Å². The first kappa shape index (κ1) is 9.73. The molecule has 0 unspecified atom stereocenters. The maximum Gasteiger partial charge on any atom is 0.166 e. The van der Waals surface area contributed by atoms with Crippen molar-refractivity contribution >= 4 is 27.4 Å². The van der Waals surface area contributed by atoms with Crippen molar-refractivity contribution in [3.63, 3.8) is 0 Å². The lowest BCUT2D eigenvalue weighted by atomic mass is 10.3. The first-order valence-corrected chi connectivity index (χ1v) is 5.38. The molecule has 0 atom stereocenters. The second-order valence-electron chi connectivity index (χ2n) is 3.22. The molecular weight excluding hydrogens is 246 g/mol. The first-order chi connectivity index (χ1) is 6.77. The number of pyridine rings is 1. The molecule has 1 aliphatic rings. The first-order valence-electron chi connectivity index (χ1n) is 4.59. The summed E-state index contributed by atoms with van der Waals surface area (Å²) >= 11 is 3.42. The van der Waals surface area contributed by atoms with Gasteiger partial charge >= 0.3 is 0 Å². The maximum absolute atomic E-state index is 5.61. The standard InChI is InChI=1S/C9H12BrN3O/c10-8-5-7(11)6-12-9(8)13-3-1-2-4-14-13/h5-6H,1-4,11H2. The molecule has 1 aromatic rings. The molecule has 0 amide bonds. The summed E-state index contributed by atoms with van der Waals surface area (Å²) in [5.41, 5.74) is 6.26. The zero-order chi connectivity index (χ0) is 9.97. The van der Waals surface area contributed by atoms with Gasteiger partial charge in [-0.3, -0.25) is 4.84 Å². The van der Waals surface area contributed by atoms with Gasteiger partial charge in [0, 0.05) is 6.54 Å². The molecule has 76 valence electrons. The van der Waals surface area contributed by atoms with Crippen molar-refractivity contribution in [3.05, 3.63) is 16.7 Å². The van der Waals surface area contributed by atoms with E-state index in [0.29, 0.717) is 5.69 Å². The highest BCUT2D eigenvalue weighted by atomic mass is 79.9. The Hall–Kier alpha value is -0.810. The third-order valence-electron chi connectivity index (χ3n) is 2.08. The summed E-state index contributed by atoms with van der Waals surface area (Å²) < 4.78 is 0.874. The van der Waals surface area contributed by atoms with Crippen molar-refractivity contribution in [2.45, 2.75) is 12.8 Å². The molecule has 0 saturated carbocycles. The molecule has 2 N–H and O–H groups in total. The lowest BCUT2D eigenvalue weighted by Crippen LogP contribution is -2.30. The molecule has 1 aromatic heterocycles. The van der Waals surface area contributed by atoms with Crippen LogP contribution in [0.3, 0.4) is 0 Å². The van der Waals surface area contributed by atoms with Gasteiger partial charge in [-0.15, -0.1) is 0 Å². The summed E-state index contributed by atoms with van der Waals surface area (Å²) in [4.78, 5) is 9.72. The minimum Gasteiger partial charge on any atom is -0.397 e. The minimum atomic E-state index is 0.651. The number of hydroxylamine groups is 1. The Morgan fingerprint density at radius 3 is 3.00 bits per heavy atom. The third kappa shape index (κ3) is 1.99. The monoisotopic (exact) mass is 257 g/mol. The van der Waals surface area contributed by atoms with E-state index in [1.807, 2.05) is 11.1 Å². The van der Waals surface area contributed by atoms with Gasteiger partial charge in [0.25, 0.3) is 0 Å². The van der Waals surface area contributed by atoms with E-state index in [4.69, 9.17) is 10.6 Å². The molecule has 1 aliphatic heterocycles. The number of aromatic nitrogens is 1. The number of hydrogen-bond acceptors (Lipinski definition) is 4. The fourth-order valence-electron chi connectivity index (χ4n) is 1.39. The second kappa shape index (κ2) is 4.14. The topological polar surface area (TPSA) is 51.4 Å². The van der Waals surface area contributed by atoms with E-state index in [1.165, 1.54) is 0 Å². The number of nitrogen functional groups attached to an aromatic ring is 1. The molecular formula is C9H12BrN3O. The molecule has 4 nitrogen and oxygen atoms in total. The average Bonchev–Trinajstić information content (AvgIpc) is 2.19. The van der Waals surface area contributed by atoms with E-state index >= 15 is 0 Å². The van der Waals surface area contributed by atoms with Gasteiger partial charge in [0.2, 0.25) is 0 Å². The zero-order valence-electron chi connectivity index (χ0n) is 7.74. The van der Waals surface area contributed by atoms with E-state index in [0.717, 1.165) is 36.3 Å². The van der Waals surface area contributed by atoms with E-state index in [2.05, 4.69) is 20.9 Å². The number of halogens is 1. The average molecular weight is 258 g/mol. The summed E-state index contributed by atoms with van der Waals surface area (Å²) in [5, 5.41) is 1.81. The Morgan fingerprint density at radius 2 is 2.36 bits per heavy atom. The molecule has 1 saturated heterocycles. The predicted molar refractivity (Wildman–Crippen MR) is 58.9 cm³/mol. The SMILES string of the molecule is Nc1cnc(N2CCCCO2)c(Br)c1. The maximum atomic E-state index is 5.61. The van der Waals surface area contributed by atoms with Crippen molar-refractivity contribution in [3.8, 4) is 0 Å². The second-order valence-corrected chi connectivity index (χ2v) is 4.07. The van der Waals surface area contributed by atoms with Gasteiger partial charge in [-0.1, -0.05) is 0 Å². The van der Waals surface area contributed by atoms with Gasteiger partial charge in [-0.05, 0) is 34.8 Å². The van der Waals surface area contributed by atoms with E-state index in [-0.39, 0.29) is 0 Å². The van der Waals surface area contributed by atoms with E-state index in [1.54, 1.807) is 6.20 Å². The highest BCUT2D eigenvalue weighted by molar-refractivity contribution is 9.10. The summed E-state index contributed by atoms with van der Waals surface area (Å²) in [6.07, 6.45) is 3.89. The summed E-state index contributed by atoms with van der Waals surface area (Å²) in [5.74, 6) is 0.805. The van der Waals surface area contributed by atoms with Gasteiger partial charge < -0.3 is 5.73 Å². The summed E-state index contributed by atoms with van der Waals surface area (Å²) in [6.45, 7) is 1.65. The molecule has 2 heterocycles. The Bertz CT molecular complexity index is 326. The molecule has 0 spiro atoms. The number of hydrogen-bond donors (Lipinski definition) is 1. The molecule has 0 aliphatic carbocycles. The van der Waals surface area contributed by atoms with Crippen molar-refractivity contribution < 1.29 is 4.84 Å². The minimum absolute atomic E-state index is 0.651. The smallest absolute Gasteiger partial charge is 0.166 e. The largest absolute Gasteiger partial charge is 0.397 e. The molecule has 14 heavy (non-hydrogen) atoms. The van der Waals surface area contributed by atoms with Crippen LogP contribution in [0.1, 0.15) is 12.8 Å². The fraction of sp³-hybridized carbons (Fsp3) is 0.444. The lowest BCUT2D eigenvalue weighted by molar-refractivity contribution is 0.0758. The number of anilines is 2. The lowest BCUT2D eigenvalue weighted by Gasteiger charge is -2.27. The fourth-order valence-corrected chi connectivity index (χ4v) is 1.96. The van der Waals surface area contributed by atoms with Crippen molar-refractivity contribution in [2.24, 2.45) is 0 Å². The van der Waals surface area contributed by atoms with Crippen LogP contribution in [0.25, 0.3) is 0 Å². The number of nitrogens with zero attached hydrogens (tertiary/aromatic N) is 2. The Kier molecular flexibility index (Phi) is 2.88. The Labute approximate surface area is 91.1 Å². The molecule has 0 bridgehead atoms. The number of nitrogens with two attached hydrogens (primary N) is 1. The van der Waals surface area contributed by atoms with Gasteiger partial charge in [0.05, 0.1) is 23.0 Å². The van der Waals surface area contributed by atoms with Gasteiger partial charge in [-0.25, -0.2) is 10.0 Å². The van der Waals surface area contributed by atoms with Gasteiger partial charge in [-0.2, -0.15) is 0 Å². The molecule has 2 rings (SSSR count). The van der Waals surface area contributed by atoms with E-state index in [9.17, 15) is 0 Å². The Balaban J connectivity index is 2.22. The van der Waals surface area contributed by atoms with Crippen LogP contribution in [-0.2, 0) is 4.84 Å². The molecule has 5 heteroatoms. The van der Waals surface area contributed by atoms with Crippen LogP contribution < -0.4 is 10.8 Å². The van der Waals surface area contributed by atoms with Crippen molar-refractivity contribution in [1.29, 1.82) is 0 Å². The quantitative estimate of drug-likeness (QED) is 0.836. The van der Waals surface area contributed by atoms with Crippen molar-refractivity contribution in [2.75, 3.05) is 23.9 Å². The van der Waals surface area contributed by atoms with Crippen LogP contribution in [0.15, 0.2) is 16.7 Å². The zero-order valence-corrected chi connectivity index (χ0v) is 9.33. The molecule has 0 radical (unpaired) electrons. The number of rotatable bonds is 1. The third-order valence-corrected chi connectivity index (χ3v) is 2.67. The van der Waals surface area contributed by atoms with E-state index < -0.39 is 0 Å². The molecule has 0 aromatic carbocycles. The summed E-state index contributed by atoms with van der Waals surface area (Å²) in [7, 11) is 0. The van der Waals surface area contributed by atoms with Crippen LogP contribution in [0, 0.1) is 0 Å². The highest BCUT2D eigenvalue weighted by Crippen LogP contribution is 2.27. The highest BCUT2D eigenvalue weighted by Gasteiger charge is 2.15. The Morgan fingerprint density at radius 1 is 1.50 bits per heavy atom. The van der Waals surface area contributed by atoms with Gasteiger partial charge in [0.15, 0.2) is 5.82 Å². The van der Waals surface area contributed by atoms with Crippen LogP contribution in [0.2, 0.25) is 0 Å². The van der Waals surface area contributed by atoms with Crippen LogP contribution in [-0.4, -0.2) is 18.1 Å². The normalized spacial score (nSPS) is 17.1. The van der Waals surface area contributed by atoms with Crippen LogP contribution in [0.4, 0.5) is 11.5 Å². The van der Waals surface area contributed by atoms with Gasteiger partial charge in [0.1, 0.15) is 0 Å². The summed E-state index contributed by atoms with van der Waals surface area (Å²) in [6, 6.07) is 1.83.